The topological polar surface area (TPSA) is 120 Å². The number of hydrogen-bond donors (Lipinski definition) is 1. The molecule has 0 rings (SSSR count). The number of ether oxygens (including phenoxy) is 8. The van der Waals surface area contributed by atoms with Crippen molar-refractivity contribution in [2.24, 2.45) is 0 Å². The second-order valence-corrected chi connectivity index (χ2v) is 10.1. The zero-order chi connectivity index (χ0) is 27.8. The molecule has 0 aromatic rings. The van der Waals surface area contributed by atoms with E-state index in [0.29, 0.717) is 79.3 Å². The maximum atomic E-state index is 11.5. The Morgan fingerprint density at radius 3 is 1.03 bits per heavy atom. The van der Waals surface area contributed by atoms with Crippen molar-refractivity contribution in [1.29, 1.82) is 0 Å². The van der Waals surface area contributed by atoms with Crippen molar-refractivity contribution in [2.75, 3.05) is 92.4 Å². The minimum Gasteiger partial charge on any atom is -0.460 e. The molecule has 37 heavy (non-hydrogen) atoms. The average Bonchev–Trinajstić information content (AvgIpc) is 2.77. The monoisotopic (exact) mass is 537 g/mol. The highest BCUT2D eigenvalue weighted by Gasteiger charge is 2.16. The third-order valence-electron chi connectivity index (χ3n) is 4.08. The van der Waals surface area contributed by atoms with Crippen LogP contribution in [0.2, 0.25) is 0 Å². The number of rotatable bonds is 24. The Hall–Kier alpha value is -1.34. The van der Waals surface area contributed by atoms with Crippen molar-refractivity contribution < 1.29 is 47.5 Å². The quantitative estimate of drug-likeness (QED) is 0.144. The molecule has 1 N–H and O–H groups in total. The lowest BCUT2D eigenvalue weighted by atomic mass is 10.2. The van der Waals surface area contributed by atoms with Gasteiger partial charge in [-0.1, -0.05) is 0 Å². The van der Waals surface area contributed by atoms with Gasteiger partial charge in [0, 0.05) is 13.1 Å². The first-order chi connectivity index (χ1) is 17.5. The zero-order valence-electron chi connectivity index (χ0n) is 23.9. The van der Waals surface area contributed by atoms with Crippen molar-refractivity contribution in [3.63, 3.8) is 0 Å². The fourth-order valence-corrected chi connectivity index (χ4v) is 2.59. The molecule has 11 nitrogen and oxygen atoms in total. The van der Waals surface area contributed by atoms with E-state index in [0.717, 1.165) is 13.1 Å². The van der Waals surface area contributed by atoms with Crippen LogP contribution in [0.5, 0.6) is 0 Å². The van der Waals surface area contributed by atoms with Gasteiger partial charge < -0.3 is 43.2 Å². The van der Waals surface area contributed by atoms with Gasteiger partial charge in [0.1, 0.15) is 11.2 Å². The van der Waals surface area contributed by atoms with Crippen molar-refractivity contribution in [3.8, 4) is 0 Å². The number of esters is 2. The first-order valence-electron chi connectivity index (χ1n) is 13.1. The summed E-state index contributed by atoms with van der Waals surface area (Å²) in [5.41, 5.74) is -0.936. The normalized spacial score (nSPS) is 12.1. The standard InChI is InChI=1S/C26H51NO10/c1-25(2,3)36-23(28)7-11-30-15-19-34-21-17-32-13-9-27-10-14-33-18-22-35-20-16-31-12-8-24(29)37-26(4,5)6/h27H,7-22H2,1-6H3. The molecule has 0 aromatic carbocycles. The van der Waals surface area contributed by atoms with E-state index < -0.39 is 11.2 Å². The summed E-state index contributed by atoms with van der Waals surface area (Å²) < 4.78 is 42.9. The first-order valence-corrected chi connectivity index (χ1v) is 13.1. The molecule has 0 saturated heterocycles. The Bertz CT molecular complexity index is 513. The van der Waals surface area contributed by atoms with Crippen molar-refractivity contribution in [2.45, 2.75) is 65.6 Å². The molecule has 11 heteroatoms. The highest BCUT2D eigenvalue weighted by Crippen LogP contribution is 2.08. The van der Waals surface area contributed by atoms with Crippen molar-refractivity contribution in [3.05, 3.63) is 0 Å². The third kappa shape index (κ3) is 30.8. The summed E-state index contributed by atoms with van der Waals surface area (Å²) in [7, 11) is 0. The number of carbonyl (C=O) groups excluding carboxylic acids is 2. The summed E-state index contributed by atoms with van der Waals surface area (Å²) in [6, 6.07) is 0. The number of nitrogens with one attached hydrogen (secondary N) is 1. The lowest BCUT2D eigenvalue weighted by molar-refractivity contribution is -0.157. The van der Waals surface area contributed by atoms with E-state index in [2.05, 4.69) is 5.32 Å². The van der Waals surface area contributed by atoms with Crippen molar-refractivity contribution in [1.82, 2.24) is 5.32 Å². The molecule has 220 valence electrons. The molecule has 0 unspecified atom stereocenters. The SMILES string of the molecule is CC(C)(C)OC(=O)CCOCCOCCOCCNCCOCCOCCOCCC(=O)OC(C)(C)C. The van der Waals surface area contributed by atoms with Crippen LogP contribution in [0, 0.1) is 0 Å². The highest BCUT2D eigenvalue weighted by molar-refractivity contribution is 5.70. The molecular weight excluding hydrogens is 486 g/mol. The molecule has 0 amide bonds. The summed E-state index contributed by atoms with van der Waals surface area (Å²) in [5.74, 6) is -0.522. The van der Waals surface area contributed by atoms with Crippen LogP contribution >= 0.6 is 0 Å². The van der Waals surface area contributed by atoms with Crippen LogP contribution < -0.4 is 5.32 Å². The van der Waals surface area contributed by atoms with Gasteiger partial charge in [0.15, 0.2) is 0 Å². The minimum absolute atomic E-state index is 0.238. The van der Waals surface area contributed by atoms with Gasteiger partial charge in [-0.2, -0.15) is 0 Å². The molecule has 0 aliphatic heterocycles. The van der Waals surface area contributed by atoms with Crippen LogP contribution in [0.1, 0.15) is 54.4 Å². The lowest BCUT2D eigenvalue weighted by Crippen LogP contribution is -2.25. The summed E-state index contributed by atoms with van der Waals surface area (Å²) in [6.07, 6.45) is 0.475. The number of carbonyl (C=O) groups is 2. The highest BCUT2D eigenvalue weighted by atomic mass is 16.6. The Labute approximate surface area is 223 Å². The predicted molar refractivity (Wildman–Crippen MR) is 139 cm³/mol. The second kappa shape index (κ2) is 22.6. The Balaban J connectivity index is 3.18. The maximum absolute atomic E-state index is 11.5. The van der Waals surface area contributed by atoms with E-state index in [1.807, 2.05) is 41.5 Å². The molecule has 0 aliphatic rings. The molecule has 0 bridgehead atoms. The van der Waals surface area contributed by atoms with Gasteiger partial charge in [0.05, 0.1) is 92.1 Å². The molecule has 0 aromatic heterocycles. The van der Waals surface area contributed by atoms with Gasteiger partial charge in [-0.25, -0.2) is 0 Å². The van der Waals surface area contributed by atoms with Gasteiger partial charge in [-0.15, -0.1) is 0 Å². The van der Waals surface area contributed by atoms with E-state index in [-0.39, 0.29) is 24.8 Å². The van der Waals surface area contributed by atoms with Crippen LogP contribution in [0.4, 0.5) is 0 Å². The molecular formula is C26H51NO10. The molecule has 0 saturated carbocycles. The van der Waals surface area contributed by atoms with Gasteiger partial charge in [-0.05, 0) is 41.5 Å². The summed E-state index contributed by atoms with van der Waals surface area (Å²) in [5, 5.41) is 3.23. The maximum Gasteiger partial charge on any atom is 0.308 e. The molecule has 0 heterocycles. The predicted octanol–water partition coefficient (Wildman–Crippen LogP) is 2.14. The summed E-state index contributed by atoms with van der Waals surface area (Å²) in [4.78, 5) is 23.1. The first kappa shape index (κ1) is 35.7. The summed E-state index contributed by atoms with van der Waals surface area (Å²) in [6.45, 7) is 18.1. The largest absolute Gasteiger partial charge is 0.460 e. The molecule has 0 radical (unpaired) electrons. The van der Waals surface area contributed by atoms with Gasteiger partial charge in [0.2, 0.25) is 0 Å². The minimum atomic E-state index is -0.468. The van der Waals surface area contributed by atoms with Crippen molar-refractivity contribution >= 4 is 11.9 Å². The van der Waals surface area contributed by atoms with Crippen LogP contribution in [0.3, 0.4) is 0 Å². The van der Waals surface area contributed by atoms with E-state index in [1.54, 1.807) is 0 Å². The Morgan fingerprint density at radius 1 is 0.459 bits per heavy atom. The van der Waals surface area contributed by atoms with E-state index >= 15 is 0 Å². The molecule has 0 atom stereocenters. The zero-order valence-corrected chi connectivity index (χ0v) is 23.9. The lowest BCUT2D eigenvalue weighted by Gasteiger charge is -2.19. The van der Waals surface area contributed by atoms with Gasteiger partial charge >= 0.3 is 11.9 Å². The summed E-state index contributed by atoms with van der Waals surface area (Å²) >= 11 is 0. The Morgan fingerprint density at radius 2 is 0.730 bits per heavy atom. The smallest absolute Gasteiger partial charge is 0.308 e. The van der Waals surface area contributed by atoms with Crippen LogP contribution in [-0.4, -0.2) is 116 Å². The molecule has 0 aliphatic carbocycles. The van der Waals surface area contributed by atoms with E-state index in [4.69, 9.17) is 37.9 Å². The fourth-order valence-electron chi connectivity index (χ4n) is 2.59. The second-order valence-electron chi connectivity index (χ2n) is 10.1. The van der Waals surface area contributed by atoms with Crippen LogP contribution in [0.25, 0.3) is 0 Å². The average molecular weight is 538 g/mol. The third-order valence-corrected chi connectivity index (χ3v) is 4.08. The van der Waals surface area contributed by atoms with Gasteiger partial charge in [0.25, 0.3) is 0 Å². The van der Waals surface area contributed by atoms with Crippen LogP contribution in [-0.2, 0) is 47.5 Å². The van der Waals surface area contributed by atoms with E-state index in [9.17, 15) is 9.59 Å². The number of hydrogen-bond acceptors (Lipinski definition) is 11. The molecule has 0 fully saturated rings. The Kier molecular flexibility index (Phi) is 21.8. The van der Waals surface area contributed by atoms with E-state index in [1.165, 1.54) is 0 Å². The molecule has 0 spiro atoms. The fraction of sp³-hybridized carbons (Fsp3) is 0.923. The van der Waals surface area contributed by atoms with Crippen LogP contribution in [0.15, 0.2) is 0 Å². The van der Waals surface area contributed by atoms with Gasteiger partial charge in [-0.3, -0.25) is 9.59 Å².